The van der Waals surface area contributed by atoms with Crippen molar-refractivity contribution in [2.24, 2.45) is 11.8 Å². The number of likely N-dealkylation sites (tertiary alicyclic amines) is 1. The van der Waals surface area contributed by atoms with Gasteiger partial charge in [-0.1, -0.05) is 0 Å². The SMILES string of the molecule is CC(=O)N1CCO[C@@H]2CN(C(=O)C3CCOCC3)CC[C@@H]2C1. The molecule has 0 aromatic carbocycles. The smallest absolute Gasteiger partial charge is 0.225 e. The first-order valence-corrected chi connectivity index (χ1v) is 8.39. The molecular weight excluding hydrogens is 284 g/mol. The van der Waals surface area contributed by atoms with E-state index in [1.807, 2.05) is 9.80 Å². The molecule has 0 spiro atoms. The van der Waals surface area contributed by atoms with E-state index in [0.717, 1.165) is 32.4 Å². The van der Waals surface area contributed by atoms with E-state index in [9.17, 15) is 9.59 Å². The van der Waals surface area contributed by atoms with Crippen LogP contribution in [0.15, 0.2) is 0 Å². The van der Waals surface area contributed by atoms with Gasteiger partial charge in [0.2, 0.25) is 11.8 Å². The average Bonchev–Trinajstić information content (AvgIpc) is 2.76. The van der Waals surface area contributed by atoms with Gasteiger partial charge in [0, 0.05) is 58.2 Å². The van der Waals surface area contributed by atoms with Gasteiger partial charge >= 0.3 is 0 Å². The van der Waals surface area contributed by atoms with Crippen molar-refractivity contribution in [3.05, 3.63) is 0 Å². The lowest BCUT2D eigenvalue weighted by molar-refractivity contribution is -0.144. The Kier molecular flexibility index (Phi) is 4.98. The molecule has 2 amide bonds. The van der Waals surface area contributed by atoms with E-state index >= 15 is 0 Å². The maximum absolute atomic E-state index is 12.6. The summed E-state index contributed by atoms with van der Waals surface area (Å²) in [4.78, 5) is 28.1. The minimum Gasteiger partial charge on any atom is -0.381 e. The second kappa shape index (κ2) is 6.96. The number of nitrogens with zero attached hydrogens (tertiary/aromatic N) is 2. The van der Waals surface area contributed by atoms with Gasteiger partial charge in [0.25, 0.3) is 0 Å². The summed E-state index contributed by atoms with van der Waals surface area (Å²) in [5, 5.41) is 0. The first kappa shape index (κ1) is 15.7. The van der Waals surface area contributed by atoms with Crippen LogP contribution in [0.5, 0.6) is 0 Å². The molecule has 0 unspecified atom stereocenters. The molecule has 22 heavy (non-hydrogen) atoms. The summed E-state index contributed by atoms with van der Waals surface area (Å²) in [6.07, 6.45) is 2.66. The number of hydrogen-bond acceptors (Lipinski definition) is 4. The molecule has 3 fully saturated rings. The summed E-state index contributed by atoms with van der Waals surface area (Å²) in [6, 6.07) is 0. The molecule has 0 radical (unpaired) electrons. The lowest BCUT2D eigenvalue weighted by Crippen LogP contribution is -2.51. The molecule has 3 rings (SSSR count). The number of hydrogen-bond donors (Lipinski definition) is 0. The topological polar surface area (TPSA) is 59.1 Å². The lowest BCUT2D eigenvalue weighted by Gasteiger charge is -2.39. The summed E-state index contributed by atoms with van der Waals surface area (Å²) in [5.41, 5.74) is 0. The lowest BCUT2D eigenvalue weighted by atomic mass is 9.91. The fourth-order valence-electron chi connectivity index (χ4n) is 3.74. The van der Waals surface area contributed by atoms with Crippen LogP contribution in [0.1, 0.15) is 26.2 Å². The van der Waals surface area contributed by atoms with Crippen molar-refractivity contribution in [3.8, 4) is 0 Å². The molecule has 3 aliphatic heterocycles. The molecule has 6 nitrogen and oxygen atoms in total. The maximum atomic E-state index is 12.6. The zero-order valence-corrected chi connectivity index (χ0v) is 13.3. The minimum absolute atomic E-state index is 0.0712. The highest BCUT2D eigenvalue weighted by atomic mass is 16.5. The first-order chi connectivity index (χ1) is 10.6. The highest BCUT2D eigenvalue weighted by Gasteiger charge is 2.37. The summed E-state index contributed by atoms with van der Waals surface area (Å²) in [6.45, 7) is 6.46. The molecule has 0 aromatic rings. The van der Waals surface area contributed by atoms with Gasteiger partial charge in [-0.25, -0.2) is 0 Å². The van der Waals surface area contributed by atoms with Crippen LogP contribution in [0.3, 0.4) is 0 Å². The fourth-order valence-corrected chi connectivity index (χ4v) is 3.74. The van der Waals surface area contributed by atoms with Crippen LogP contribution >= 0.6 is 0 Å². The maximum Gasteiger partial charge on any atom is 0.225 e. The predicted octanol–water partition coefficient (Wildman–Crippen LogP) is 0.509. The van der Waals surface area contributed by atoms with Crippen molar-refractivity contribution in [3.63, 3.8) is 0 Å². The summed E-state index contributed by atoms with van der Waals surface area (Å²) in [7, 11) is 0. The standard InChI is InChI=1S/C16H26N2O4/c1-12(19)17-6-9-22-15-11-18(5-2-14(15)10-17)16(20)13-3-7-21-8-4-13/h13-15H,2-11H2,1H3/t14-,15-/m1/s1. The molecule has 0 aliphatic carbocycles. The number of piperidine rings is 1. The van der Waals surface area contributed by atoms with Gasteiger partial charge in [-0.05, 0) is 19.3 Å². The summed E-state index contributed by atoms with van der Waals surface area (Å²) < 4.78 is 11.3. The van der Waals surface area contributed by atoms with Crippen LogP contribution < -0.4 is 0 Å². The first-order valence-electron chi connectivity index (χ1n) is 8.39. The summed E-state index contributed by atoms with van der Waals surface area (Å²) >= 11 is 0. The van der Waals surface area contributed by atoms with Gasteiger partial charge in [-0.2, -0.15) is 0 Å². The number of carbonyl (C=O) groups excluding carboxylic acids is 2. The molecule has 0 saturated carbocycles. The van der Waals surface area contributed by atoms with E-state index in [1.165, 1.54) is 0 Å². The number of carbonyl (C=O) groups is 2. The normalized spacial score (nSPS) is 30.6. The number of amides is 2. The van der Waals surface area contributed by atoms with Crippen molar-refractivity contribution in [1.29, 1.82) is 0 Å². The highest BCUT2D eigenvalue weighted by molar-refractivity contribution is 5.79. The van der Waals surface area contributed by atoms with Crippen LogP contribution in [0, 0.1) is 11.8 Å². The third kappa shape index (κ3) is 3.43. The molecule has 3 aliphatic rings. The molecule has 0 bridgehead atoms. The van der Waals surface area contributed by atoms with E-state index in [-0.39, 0.29) is 23.8 Å². The molecule has 124 valence electrons. The largest absolute Gasteiger partial charge is 0.381 e. The Morgan fingerprint density at radius 3 is 2.45 bits per heavy atom. The van der Waals surface area contributed by atoms with E-state index in [4.69, 9.17) is 9.47 Å². The molecule has 0 N–H and O–H groups in total. The van der Waals surface area contributed by atoms with Crippen molar-refractivity contribution in [2.45, 2.75) is 32.3 Å². The van der Waals surface area contributed by atoms with Gasteiger partial charge in [0.05, 0.1) is 12.7 Å². The van der Waals surface area contributed by atoms with Gasteiger partial charge in [0.1, 0.15) is 0 Å². The van der Waals surface area contributed by atoms with Crippen molar-refractivity contribution >= 4 is 11.8 Å². The monoisotopic (exact) mass is 310 g/mol. The van der Waals surface area contributed by atoms with Gasteiger partial charge in [0.15, 0.2) is 0 Å². The van der Waals surface area contributed by atoms with Gasteiger partial charge in [-0.3, -0.25) is 9.59 Å². The van der Waals surface area contributed by atoms with Crippen LogP contribution in [0.2, 0.25) is 0 Å². The molecule has 3 heterocycles. The number of rotatable bonds is 1. The number of ether oxygens (including phenoxy) is 2. The van der Waals surface area contributed by atoms with E-state index in [1.54, 1.807) is 6.92 Å². The third-order valence-corrected chi connectivity index (χ3v) is 5.17. The molecule has 6 heteroatoms. The van der Waals surface area contributed by atoms with Crippen molar-refractivity contribution < 1.29 is 19.1 Å². The van der Waals surface area contributed by atoms with Crippen LogP contribution in [-0.2, 0) is 19.1 Å². The van der Waals surface area contributed by atoms with E-state index in [2.05, 4.69) is 0 Å². The second-order valence-electron chi connectivity index (χ2n) is 6.59. The Morgan fingerprint density at radius 1 is 0.955 bits per heavy atom. The van der Waals surface area contributed by atoms with Gasteiger partial charge in [-0.15, -0.1) is 0 Å². The molecule has 3 saturated heterocycles. The second-order valence-corrected chi connectivity index (χ2v) is 6.59. The third-order valence-electron chi connectivity index (χ3n) is 5.17. The fraction of sp³-hybridized carbons (Fsp3) is 0.875. The Morgan fingerprint density at radius 2 is 1.73 bits per heavy atom. The Labute approximate surface area is 131 Å². The predicted molar refractivity (Wildman–Crippen MR) is 80.2 cm³/mol. The molecule has 2 atom stereocenters. The van der Waals surface area contributed by atoms with Crippen molar-refractivity contribution in [1.82, 2.24) is 9.80 Å². The van der Waals surface area contributed by atoms with Crippen molar-refractivity contribution in [2.75, 3.05) is 46.0 Å². The van der Waals surface area contributed by atoms with E-state index in [0.29, 0.717) is 38.8 Å². The number of fused-ring (bicyclic) bond motifs is 1. The quantitative estimate of drug-likeness (QED) is 0.708. The van der Waals surface area contributed by atoms with Crippen LogP contribution in [-0.4, -0.2) is 73.7 Å². The highest BCUT2D eigenvalue weighted by Crippen LogP contribution is 2.27. The Bertz CT molecular complexity index is 422. The summed E-state index contributed by atoms with van der Waals surface area (Å²) in [5.74, 6) is 0.845. The molecule has 0 aromatic heterocycles. The van der Waals surface area contributed by atoms with E-state index < -0.39 is 0 Å². The van der Waals surface area contributed by atoms with Crippen LogP contribution in [0.25, 0.3) is 0 Å². The van der Waals surface area contributed by atoms with Crippen LogP contribution in [0.4, 0.5) is 0 Å². The zero-order chi connectivity index (χ0) is 15.5. The average molecular weight is 310 g/mol. The zero-order valence-electron chi connectivity index (χ0n) is 13.3. The minimum atomic E-state index is 0.0712. The molecular formula is C16H26N2O4. The Balaban J connectivity index is 1.59. The van der Waals surface area contributed by atoms with Gasteiger partial charge < -0.3 is 19.3 Å². The Hall–Kier alpha value is -1.14.